The molecule has 0 bridgehead atoms. The number of hydrogen-bond acceptors (Lipinski definition) is 9. The molecule has 1 aromatic heterocycles. The number of likely N-dealkylation sites (N-methyl/N-ethyl adjacent to an activating group) is 1. The van der Waals surface area contributed by atoms with E-state index < -0.39 is 30.5 Å². The molecule has 2 unspecified atom stereocenters. The van der Waals surface area contributed by atoms with E-state index in [0.717, 1.165) is 43.8 Å². The third-order valence-electron chi connectivity index (χ3n) is 8.36. The molecule has 270 valence electrons. The number of hydrogen-bond donors (Lipinski definition) is 3. The Hall–Kier alpha value is -4.27. The fourth-order valence-corrected chi connectivity index (χ4v) is 5.53. The summed E-state index contributed by atoms with van der Waals surface area (Å²) in [6, 6.07) is 10.9. The van der Waals surface area contributed by atoms with Gasteiger partial charge in [0.05, 0.1) is 20.8 Å². The number of aldehydes is 1. The summed E-state index contributed by atoms with van der Waals surface area (Å²) in [7, 11) is 6.27. The van der Waals surface area contributed by atoms with Crippen molar-refractivity contribution >= 4 is 18.0 Å². The number of pyridine rings is 1. The zero-order chi connectivity index (χ0) is 36.5. The summed E-state index contributed by atoms with van der Waals surface area (Å²) in [4.78, 5) is 31.3. The Morgan fingerprint density at radius 3 is 2.08 bits per heavy atom. The molecule has 49 heavy (non-hydrogen) atoms. The lowest BCUT2D eigenvalue weighted by Crippen LogP contribution is -2.37. The molecule has 1 aliphatic heterocycles. The number of nitrogens with zero attached hydrogens (tertiary/aromatic N) is 3. The topological polar surface area (TPSA) is 124 Å². The van der Waals surface area contributed by atoms with E-state index in [9.17, 15) is 32.3 Å². The first-order chi connectivity index (χ1) is 23.5. The molecule has 1 aliphatic rings. The van der Waals surface area contributed by atoms with E-state index in [1.54, 1.807) is 20.2 Å². The van der Waals surface area contributed by atoms with Gasteiger partial charge in [-0.05, 0) is 57.1 Å². The van der Waals surface area contributed by atoms with E-state index in [-0.39, 0.29) is 42.0 Å². The van der Waals surface area contributed by atoms with Crippen LogP contribution < -0.4 is 19.7 Å². The monoisotopic (exact) mass is 694 g/mol. The normalized spacial score (nSPS) is 14.3. The third-order valence-corrected chi connectivity index (χ3v) is 8.36. The average molecular weight is 695 g/mol. The fraction of sp³-hybridized carbons (Fsp3) is 0.457. The number of nitrogens with one attached hydrogen (secondary N) is 1. The maximum Gasteiger partial charge on any atom is 0.251 e. The van der Waals surface area contributed by atoms with Crippen LogP contribution in [-0.2, 0) is 4.79 Å². The van der Waals surface area contributed by atoms with Crippen LogP contribution in [0.3, 0.4) is 0 Å². The Morgan fingerprint density at radius 1 is 1.04 bits per heavy atom. The summed E-state index contributed by atoms with van der Waals surface area (Å²) in [5.41, 5.74) is 1.22. The maximum absolute atomic E-state index is 14.9. The van der Waals surface area contributed by atoms with Crippen LogP contribution in [0.25, 0.3) is 0 Å². The van der Waals surface area contributed by atoms with Gasteiger partial charge in [0.25, 0.3) is 5.91 Å². The summed E-state index contributed by atoms with van der Waals surface area (Å²) >= 11 is 0. The van der Waals surface area contributed by atoms with Gasteiger partial charge >= 0.3 is 0 Å². The van der Waals surface area contributed by atoms with E-state index in [0.29, 0.717) is 30.0 Å². The highest BCUT2D eigenvalue weighted by Gasteiger charge is 2.30. The molecule has 10 nitrogen and oxygen atoms in total. The van der Waals surface area contributed by atoms with Gasteiger partial charge in [-0.1, -0.05) is 0 Å². The molecule has 0 aliphatic carbocycles. The SMILES string of the molecule is CNC(=O)c1ccc(F)cc1.COc1cc(C2CCN(CCO)CC2)nc(N(C)C(C)C(CC=O)c2c(F)cc(OC)cc2F)c1.OCF. The van der Waals surface area contributed by atoms with Crippen LogP contribution in [0.15, 0.2) is 48.5 Å². The number of carbonyl (C=O) groups excluding carboxylic acids is 2. The van der Waals surface area contributed by atoms with Crippen LogP contribution in [0.4, 0.5) is 23.4 Å². The smallest absolute Gasteiger partial charge is 0.251 e. The van der Waals surface area contributed by atoms with Crippen LogP contribution in [0, 0.1) is 17.5 Å². The molecular formula is C35H46F4N4O6. The molecule has 4 rings (SSSR count). The fourth-order valence-electron chi connectivity index (χ4n) is 5.53. The first kappa shape index (κ1) is 40.9. The van der Waals surface area contributed by atoms with Gasteiger partial charge in [-0.2, -0.15) is 0 Å². The maximum atomic E-state index is 14.9. The van der Waals surface area contributed by atoms with Gasteiger partial charge in [0.15, 0.2) is 6.86 Å². The van der Waals surface area contributed by atoms with Gasteiger partial charge in [-0.3, -0.25) is 4.79 Å². The molecule has 0 radical (unpaired) electrons. The van der Waals surface area contributed by atoms with Gasteiger partial charge in [0, 0.05) is 86.0 Å². The van der Waals surface area contributed by atoms with Crippen LogP contribution >= 0.6 is 0 Å². The van der Waals surface area contributed by atoms with E-state index in [1.165, 1.54) is 38.4 Å². The average Bonchev–Trinajstić information content (AvgIpc) is 3.11. The number of rotatable bonds is 12. The summed E-state index contributed by atoms with van der Waals surface area (Å²) in [6.07, 6.45) is 2.46. The molecular weight excluding hydrogens is 648 g/mol. The Labute approximate surface area is 284 Å². The molecule has 1 saturated heterocycles. The summed E-state index contributed by atoms with van der Waals surface area (Å²) < 4.78 is 62.5. The molecule has 2 heterocycles. The largest absolute Gasteiger partial charge is 0.497 e. The number of benzene rings is 2. The molecule has 1 fully saturated rings. The van der Waals surface area contributed by atoms with Crippen molar-refractivity contribution in [1.29, 1.82) is 0 Å². The highest BCUT2D eigenvalue weighted by Crippen LogP contribution is 2.36. The van der Waals surface area contributed by atoms with Gasteiger partial charge in [-0.15, -0.1) is 0 Å². The van der Waals surface area contributed by atoms with Crippen molar-refractivity contribution in [2.75, 3.05) is 66.3 Å². The summed E-state index contributed by atoms with van der Waals surface area (Å²) in [6.45, 7) is 3.14. The molecule has 3 aromatic rings. The number of halogens is 4. The number of ether oxygens (including phenoxy) is 2. The first-order valence-corrected chi connectivity index (χ1v) is 15.7. The van der Waals surface area contributed by atoms with Crippen LogP contribution in [-0.4, -0.2) is 99.7 Å². The third kappa shape index (κ3) is 12.0. The van der Waals surface area contributed by atoms with Crippen molar-refractivity contribution in [2.24, 2.45) is 0 Å². The van der Waals surface area contributed by atoms with Crippen LogP contribution in [0.5, 0.6) is 11.5 Å². The van der Waals surface area contributed by atoms with Crippen LogP contribution in [0.1, 0.15) is 59.6 Å². The highest BCUT2D eigenvalue weighted by atomic mass is 19.1. The van der Waals surface area contributed by atoms with Crippen molar-refractivity contribution in [3.63, 3.8) is 0 Å². The minimum absolute atomic E-state index is 0.0498. The van der Waals surface area contributed by atoms with E-state index in [2.05, 4.69) is 10.2 Å². The molecule has 2 atom stereocenters. The molecule has 1 amide bonds. The van der Waals surface area contributed by atoms with Crippen molar-refractivity contribution < 1.29 is 46.8 Å². The number of amides is 1. The lowest BCUT2D eigenvalue weighted by molar-refractivity contribution is -0.108. The number of carbonyl (C=O) groups is 2. The Bertz CT molecular complexity index is 1440. The zero-order valence-corrected chi connectivity index (χ0v) is 28.5. The van der Waals surface area contributed by atoms with E-state index in [1.807, 2.05) is 17.9 Å². The van der Waals surface area contributed by atoms with Gasteiger partial charge in [0.2, 0.25) is 0 Å². The predicted molar refractivity (Wildman–Crippen MR) is 178 cm³/mol. The van der Waals surface area contributed by atoms with E-state index >= 15 is 0 Å². The summed E-state index contributed by atoms with van der Waals surface area (Å²) in [5, 5.41) is 18.5. The number of alkyl halides is 1. The Balaban J connectivity index is 0.000000496. The van der Waals surface area contributed by atoms with Crippen molar-refractivity contribution in [3.8, 4) is 11.5 Å². The number of β-amino-alcohol motifs (C(OH)–C–C–N with tert-alkyl or cyclic N) is 1. The van der Waals surface area contributed by atoms with Crippen LogP contribution in [0.2, 0.25) is 0 Å². The molecule has 2 aromatic carbocycles. The van der Waals surface area contributed by atoms with E-state index in [4.69, 9.17) is 19.6 Å². The first-order valence-electron chi connectivity index (χ1n) is 15.7. The van der Waals surface area contributed by atoms with Crippen molar-refractivity contribution in [3.05, 3.63) is 82.8 Å². The number of likely N-dealkylation sites (tertiary alicyclic amines) is 1. The minimum atomic E-state index is -1.25. The van der Waals surface area contributed by atoms with Crippen molar-refractivity contribution in [2.45, 2.75) is 44.1 Å². The molecule has 14 heteroatoms. The molecule has 3 N–H and O–H groups in total. The Morgan fingerprint density at radius 2 is 1.59 bits per heavy atom. The molecule has 0 saturated carbocycles. The zero-order valence-electron chi connectivity index (χ0n) is 28.5. The highest BCUT2D eigenvalue weighted by molar-refractivity contribution is 5.93. The Kier molecular flexibility index (Phi) is 17.5. The predicted octanol–water partition coefficient (Wildman–Crippen LogP) is 4.84. The van der Waals surface area contributed by atoms with Gasteiger partial charge < -0.3 is 39.6 Å². The van der Waals surface area contributed by atoms with Crippen molar-refractivity contribution in [1.82, 2.24) is 15.2 Å². The quantitative estimate of drug-likeness (QED) is 0.181. The minimum Gasteiger partial charge on any atom is -0.497 e. The second-order valence-corrected chi connectivity index (χ2v) is 11.2. The number of anilines is 1. The van der Waals surface area contributed by atoms with Gasteiger partial charge in [0.1, 0.15) is 41.1 Å². The number of aromatic nitrogens is 1. The van der Waals surface area contributed by atoms with Gasteiger partial charge in [-0.25, -0.2) is 22.5 Å². The second-order valence-electron chi connectivity index (χ2n) is 11.2. The lowest BCUT2D eigenvalue weighted by atomic mass is 9.88. The second kappa shape index (κ2) is 21.0. The lowest BCUT2D eigenvalue weighted by Gasteiger charge is -2.34. The standard InChI is InChI=1S/C26H35F2N3O4.C8H8FNO.CH3FO/c1-17(21(7-11-32)26-22(27)13-19(34-3)14-23(26)28)30(2)25-16-20(35-4)15-24(29-25)18-5-8-31(9-6-18)10-12-33;1-10-8(11)6-2-4-7(9)5-3-6;2-1-3/h11,13-18,21,33H,5-10,12H2,1-4H3;2-5H,1H3,(H,10,11);3H,1H2. The number of aliphatic hydroxyl groups excluding tert-OH is 2. The number of piperidine rings is 1. The number of methoxy groups -OCH3 is 2. The molecule has 0 spiro atoms. The summed E-state index contributed by atoms with van der Waals surface area (Å²) in [5.74, 6) is -1.19. The number of aliphatic hydroxyl groups is 2.